The summed E-state index contributed by atoms with van der Waals surface area (Å²) in [5.74, 6) is -0.887. The fourth-order valence-electron chi connectivity index (χ4n) is 1.76. The molecule has 0 spiro atoms. The van der Waals surface area contributed by atoms with Gasteiger partial charge in [0.15, 0.2) is 0 Å². The fraction of sp³-hybridized carbons (Fsp3) is 0.500. The molecule has 106 valence electrons. The number of halogens is 2. The van der Waals surface area contributed by atoms with Crippen molar-refractivity contribution in [3.05, 3.63) is 34.1 Å². The number of rotatable bonds is 4. The Hall–Kier alpha value is -0.940. The van der Waals surface area contributed by atoms with Crippen LogP contribution in [0.15, 0.2) is 22.7 Å². The molecule has 19 heavy (non-hydrogen) atoms. The van der Waals surface area contributed by atoms with Gasteiger partial charge >= 0.3 is 0 Å². The molecule has 3 nitrogen and oxygen atoms in total. The van der Waals surface area contributed by atoms with Gasteiger partial charge in [-0.05, 0) is 39.9 Å². The van der Waals surface area contributed by atoms with Crippen LogP contribution < -0.4 is 5.32 Å². The van der Waals surface area contributed by atoms with Gasteiger partial charge in [0, 0.05) is 6.54 Å². The molecular formula is C14H19BrFNO2. The van der Waals surface area contributed by atoms with Crippen molar-refractivity contribution in [3.8, 4) is 0 Å². The third-order valence-corrected chi connectivity index (χ3v) is 3.35. The largest absolute Gasteiger partial charge is 0.391 e. The van der Waals surface area contributed by atoms with Crippen LogP contribution in [0.25, 0.3) is 0 Å². The van der Waals surface area contributed by atoms with Crippen molar-refractivity contribution in [2.75, 3.05) is 6.54 Å². The van der Waals surface area contributed by atoms with Crippen LogP contribution in [0.2, 0.25) is 0 Å². The van der Waals surface area contributed by atoms with E-state index in [9.17, 15) is 14.3 Å². The van der Waals surface area contributed by atoms with Crippen LogP contribution in [0.5, 0.6) is 0 Å². The summed E-state index contributed by atoms with van der Waals surface area (Å²) in [5.41, 5.74) is 0.215. The van der Waals surface area contributed by atoms with Crippen LogP contribution in [-0.4, -0.2) is 23.7 Å². The van der Waals surface area contributed by atoms with Crippen LogP contribution in [0.1, 0.15) is 37.6 Å². The molecule has 0 radical (unpaired) electrons. The van der Waals surface area contributed by atoms with E-state index in [0.29, 0.717) is 6.42 Å². The summed E-state index contributed by atoms with van der Waals surface area (Å²) in [6.07, 6.45) is -0.0336. The minimum atomic E-state index is -0.615. The summed E-state index contributed by atoms with van der Waals surface area (Å²) in [6, 6.07) is 4.27. The first-order valence-electron chi connectivity index (χ1n) is 6.11. The lowest BCUT2D eigenvalue weighted by atomic mass is 9.89. The number of benzene rings is 1. The van der Waals surface area contributed by atoms with Crippen molar-refractivity contribution in [2.45, 2.75) is 33.3 Å². The SMILES string of the molecule is CC(C)(C)CC(O)CNC(=O)c1cccc(F)c1Br. The van der Waals surface area contributed by atoms with Crippen molar-refractivity contribution >= 4 is 21.8 Å². The van der Waals surface area contributed by atoms with Crippen LogP contribution in [-0.2, 0) is 0 Å². The van der Waals surface area contributed by atoms with Gasteiger partial charge in [-0.3, -0.25) is 4.79 Å². The van der Waals surface area contributed by atoms with Crippen molar-refractivity contribution < 1.29 is 14.3 Å². The smallest absolute Gasteiger partial charge is 0.252 e. The average Bonchev–Trinajstić information content (AvgIpc) is 2.27. The maximum Gasteiger partial charge on any atom is 0.252 e. The monoisotopic (exact) mass is 331 g/mol. The second-order valence-corrected chi connectivity index (χ2v) is 6.52. The summed E-state index contributed by atoms with van der Waals surface area (Å²) < 4.78 is 13.4. The molecule has 1 aromatic carbocycles. The summed E-state index contributed by atoms with van der Waals surface area (Å²) in [4.78, 5) is 11.9. The number of nitrogens with one attached hydrogen (secondary N) is 1. The molecule has 0 aliphatic carbocycles. The highest BCUT2D eigenvalue weighted by molar-refractivity contribution is 9.10. The zero-order chi connectivity index (χ0) is 14.6. The Morgan fingerprint density at radius 3 is 2.68 bits per heavy atom. The van der Waals surface area contributed by atoms with Crippen molar-refractivity contribution in [1.29, 1.82) is 0 Å². The Kier molecular flexibility index (Phi) is 5.50. The van der Waals surface area contributed by atoms with Gasteiger partial charge in [0.25, 0.3) is 5.91 Å². The van der Waals surface area contributed by atoms with Gasteiger partial charge in [-0.1, -0.05) is 26.8 Å². The fourth-order valence-corrected chi connectivity index (χ4v) is 2.21. The molecule has 0 heterocycles. The highest BCUT2D eigenvalue weighted by Crippen LogP contribution is 2.21. The Morgan fingerprint density at radius 2 is 2.11 bits per heavy atom. The van der Waals surface area contributed by atoms with Gasteiger partial charge in [-0.25, -0.2) is 4.39 Å². The molecular weight excluding hydrogens is 313 g/mol. The summed E-state index contributed by atoms with van der Waals surface area (Å²) in [5, 5.41) is 12.4. The molecule has 0 bridgehead atoms. The molecule has 0 fully saturated rings. The lowest BCUT2D eigenvalue weighted by molar-refractivity contribution is 0.0867. The van der Waals surface area contributed by atoms with Crippen LogP contribution >= 0.6 is 15.9 Å². The first-order chi connectivity index (χ1) is 8.70. The van der Waals surface area contributed by atoms with Gasteiger partial charge in [0.2, 0.25) is 0 Å². The molecule has 1 aromatic rings. The van der Waals surface area contributed by atoms with E-state index >= 15 is 0 Å². The maximum atomic E-state index is 13.3. The summed E-state index contributed by atoms with van der Waals surface area (Å²) in [7, 11) is 0. The van der Waals surface area contributed by atoms with E-state index in [0.717, 1.165) is 0 Å². The van der Waals surface area contributed by atoms with E-state index in [1.54, 1.807) is 0 Å². The lowest BCUT2D eigenvalue weighted by Gasteiger charge is -2.22. The predicted molar refractivity (Wildman–Crippen MR) is 76.5 cm³/mol. The van der Waals surface area contributed by atoms with Crippen molar-refractivity contribution in [3.63, 3.8) is 0 Å². The molecule has 1 amide bonds. The minimum Gasteiger partial charge on any atom is -0.391 e. The summed E-state index contributed by atoms with van der Waals surface area (Å²) >= 11 is 3.04. The van der Waals surface area contributed by atoms with Gasteiger partial charge in [-0.2, -0.15) is 0 Å². The molecule has 0 aromatic heterocycles. The van der Waals surface area contributed by atoms with Gasteiger partial charge in [-0.15, -0.1) is 0 Å². The summed E-state index contributed by atoms with van der Waals surface area (Å²) in [6.45, 7) is 6.20. The Labute approximate surface area is 121 Å². The normalized spacial score (nSPS) is 13.2. The highest BCUT2D eigenvalue weighted by atomic mass is 79.9. The standard InChI is InChI=1S/C14H19BrFNO2/c1-14(2,3)7-9(18)8-17-13(19)10-5-4-6-11(16)12(10)15/h4-6,9,18H,7-8H2,1-3H3,(H,17,19). The topological polar surface area (TPSA) is 49.3 Å². The molecule has 1 unspecified atom stereocenters. The van der Waals surface area contributed by atoms with Gasteiger partial charge < -0.3 is 10.4 Å². The zero-order valence-electron chi connectivity index (χ0n) is 11.3. The number of aliphatic hydroxyl groups is 1. The van der Waals surface area contributed by atoms with E-state index in [1.165, 1.54) is 18.2 Å². The minimum absolute atomic E-state index is 0.0103. The quantitative estimate of drug-likeness (QED) is 0.890. The molecule has 0 aliphatic heterocycles. The number of carbonyl (C=O) groups excluding carboxylic acids is 1. The van der Waals surface area contributed by atoms with E-state index in [2.05, 4.69) is 21.2 Å². The number of carbonyl (C=O) groups is 1. The Balaban J connectivity index is 2.59. The Morgan fingerprint density at radius 1 is 1.47 bits per heavy atom. The number of aliphatic hydroxyl groups excluding tert-OH is 1. The van der Waals surface area contributed by atoms with Gasteiger partial charge in [0.05, 0.1) is 16.1 Å². The van der Waals surface area contributed by atoms with Crippen LogP contribution in [0.3, 0.4) is 0 Å². The number of amides is 1. The second-order valence-electron chi connectivity index (χ2n) is 5.73. The molecule has 0 saturated carbocycles. The Bertz CT molecular complexity index is 457. The van der Waals surface area contributed by atoms with E-state index < -0.39 is 17.8 Å². The van der Waals surface area contributed by atoms with Crippen molar-refractivity contribution in [2.24, 2.45) is 5.41 Å². The van der Waals surface area contributed by atoms with Crippen LogP contribution in [0, 0.1) is 11.2 Å². The molecule has 0 saturated heterocycles. The first kappa shape index (κ1) is 16.1. The van der Waals surface area contributed by atoms with E-state index in [-0.39, 0.29) is 22.0 Å². The molecule has 1 atom stereocenters. The highest BCUT2D eigenvalue weighted by Gasteiger charge is 2.18. The van der Waals surface area contributed by atoms with Gasteiger partial charge in [0.1, 0.15) is 5.82 Å². The second kappa shape index (κ2) is 6.48. The average molecular weight is 332 g/mol. The van der Waals surface area contributed by atoms with E-state index in [4.69, 9.17) is 0 Å². The number of hydrogen-bond donors (Lipinski definition) is 2. The van der Waals surface area contributed by atoms with Crippen LogP contribution in [0.4, 0.5) is 4.39 Å². The molecule has 0 aliphatic rings. The maximum absolute atomic E-state index is 13.3. The first-order valence-corrected chi connectivity index (χ1v) is 6.90. The molecule has 2 N–H and O–H groups in total. The number of hydrogen-bond acceptors (Lipinski definition) is 2. The molecule has 1 rings (SSSR count). The van der Waals surface area contributed by atoms with Crippen molar-refractivity contribution in [1.82, 2.24) is 5.32 Å². The zero-order valence-corrected chi connectivity index (χ0v) is 12.9. The third-order valence-electron chi connectivity index (χ3n) is 2.54. The third kappa shape index (κ3) is 5.28. The lowest BCUT2D eigenvalue weighted by Crippen LogP contribution is -2.34. The van der Waals surface area contributed by atoms with E-state index in [1.807, 2.05) is 20.8 Å². The predicted octanol–water partition coefficient (Wildman–Crippen LogP) is 3.12. The molecule has 5 heteroatoms.